The molecule has 0 amide bonds. The van der Waals surface area contributed by atoms with E-state index in [0.29, 0.717) is 0 Å². The molecule has 11 heavy (non-hydrogen) atoms. The lowest BCUT2D eigenvalue weighted by molar-refractivity contribution is -0.127. The highest BCUT2D eigenvalue weighted by molar-refractivity contribution is 5.79. The fraction of sp³-hybridized carbons (Fsp3) is 0.875. The van der Waals surface area contributed by atoms with Crippen molar-refractivity contribution in [1.82, 2.24) is 0 Å². The minimum atomic E-state index is -0.910. The molecule has 66 valence electrons. The third-order valence-corrected chi connectivity index (χ3v) is 1.79. The van der Waals surface area contributed by atoms with E-state index in [1.807, 2.05) is 13.8 Å². The van der Waals surface area contributed by atoms with Gasteiger partial charge in [-0.25, -0.2) is 0 Å². The van der Waals surface area contributed by atoms with Crippen LogP contribution in [0.4, 0.5) is 0 Å². The van der Waals surface area contributed by atoms with Crippen LogP contribution in [0.3, 0.4) is 0 Å². The van der Waals surface area contributed by atoms with Gasteiger partial charge in [0, 0.05) is 5.92 Å². The highest BCUT2D eigenvalue weighted by Crippen LogP contribution is 2.16. The zero-order valence-electron chi connectivity index (χ0n) is 7.24. The zero-order valence-corrected chi connectivity index (χ0v) is 7.24. The van der Waals surface area contributed by atoms with Gasteiger partial charge in [0.15, 0.2) is 0 Å². The summed E-state index contributed by atoms with van der Waals surface area (Å²) in [5.74, 6) is -0.420. The van der Waals surface area contributed by atoms with Crippen molar-refractivity contribution in [2.24, 2.45) is 11.8 Å². The Morgan fingerprint density at radius 2 is 1.91 bits per heavy atom. The molecule has 2 unspecified atom stereocenters. The van der Waals surface area contributed by atoms with E-state index in [1.165, 1.54) is 6.92 Å². The van der Waals surface area contributed by atoms with Gasteiger partial charge in [-0.05, 0) is 12.8 Å². The fourth-order valence-electron chi connectivity index (χ4n) is 1.30. The Morgan fingerprint density at radius 3 is 2.00 bits per heavy atom. The maximum atomic E-state index is 10.9. The lowest BCUT2D eigenvalue weighted by Gasteiger charge is -2.21. The lowest BCUT2D eigenvalue weighted by atomic mass is 9.87. The maximum Gasteiger partial charge on any atom is 0.135 e. The van der Waals surface area contributed by atoms with Crippen LogP contribution in [0.25, 0.3) is 0 Å². The Bertz CT molecular complexity index is 131. The van der Waals surface area contributed by atoms with Gasteiger partial charge < -0.3 is 10.2 Å². The first kappa shape index (κ1) is 10.6. The second kappa shape index (κ2) is 4.46. The number of hydrogen-bond acceptors (Lipinski definition) is 3. The summed E-state index contributed by atoms with van der Waals surface area (Å²) >= 11 is 0. The average Bonchev–Trinajstić information content (AvgIpc) is 1.85. The van der Waals surface area contributed by atoms with E-state index in [-0.39, 0.29) is 18.3 Å². The van der Waals surface area contributed by atoms with E-state index < -0.39 is 12.0 Å². The third kappa shape index (κ3) is 2.99. The molecule has 0 bridgehead atoms. The van der Waals surface area contributed by atoms with Crippen LogP contribution >= 0.6 is 0 Å². The van der Waals surface area contributed by atoms with Crippen molar-refractivity contribution in [2.45, 2.75) is 26.9 Å². The predicted octanol–water partition coefficient (Wildman–Crippen LogP) is 0.201. The van der Waals surface area contributed by atoms with E-state index in [2.05, 4.69) is 0 Å². The first-order chi connectivity index (χ1) is 5.00. The standard InChI is InChI=1S/C8H16O3/c1-5(2)8(6(3)10)7(11)4-9/h5,7-9,11H,4H2,1-3H3. The van der Waals surface area contributed by atoms with Gasteiger partial charge in [-0.3, -0.25) is 4.79 Å². The average molecular weight is 160 g/mol. The molecule has 0 aliphatic rings. The Morgan fingerprint density at radius 1 is 1.45 bits per heavy atom. The normalized spacial score (nSPS) is 16.5. The molecule has 3 heteroatoms. The summed E-state index contributed by atoms with van der Waals surface area (Å²) in [6.07, 6.45) is -0.910. The quantitative estimate of drug-likeness (QED) is 0.617. The number of hydrogen-bond donors (Lipinski definition) is 2. The first-order valence-electron chi connectivity index (χ1n) is 3.80. The van der Waals surface area contributed by atoms with Crippen LogP contribution in [0.2, 0.25) is 0 Å². The Balaban J connectivity index is 4.21. The van der Waals surface area contributed by atoms with E-state index in [0.717, 1.165) is 0 Å². The monoisotopic (exact) mass is 160 g/mol. The fourth-order valence-corrected chi connectivity index (χ4v) is 1.30. The van der Waals surface area contributed by atoms with Crippen LogP contribution in [0.5, 0.6) is 0 Å². The van der Waals surface area contributed by atoms with Crippen LogP contribution in [-0.2, 0) is 4.79 Å². The molecular weight excluding hydrogens is 144 g/mol. The van der Waals surface area contributed by atoms with Crippen molar-refractivity contribution >= 4 is 5.78 Å². The van der Waals surface area contributed by atoms with E-state index >= 15 is 0 Å². The molecular formula is C8H16O3. The molecule has 0 aromatic rings. The molecule has 2 N–H and O–H groups in total. The summed E-state index contributed by atoms with van der Waals surface area (Å²) in [5.41, 5.74) is 0. The number of ketones is 1. The van der Waals surface area contributed by atoms with Gasteiger partial charge in [0.1, 0.15) is 5.78 Å². The zero-order chi connectivity index (χ0) is 9.02. The van der Waals surface area contributed by atoms with Crippen molar-refractivity contribution in [3.63, 3.8) is 0 Å². The molecule has 0 radical (unpaired) electrons. The first-order valence-corrected chi connectivity index (χ1v) is 3.80. The van der Waals surface area contributed by atoms with Gasteiger partial charge in [0.05, 0.1) is 12.7 Å². The highest BCUT2D eigenvalue weighted by Gasteiger charge is 2.25. The van der Waals surface area contributed by atoms with Crippen LogP contribution in [0.1, 0.15) is 20.8 Å². The van der Waals surface area contributed by atoms with Crippen LogP contribution in [0.15, 0.2) is 0 Å². The van der Waals surface area contributed by atoms with E-state index in [9.17, 15) is 9.90 Å². The molecule has 0 aromatic heterocycles. The predicted molar refractivity (Wildman–Crippen MR) is 42.1 cm³/mol. The lowest BCUT2D eigenvalue weighted by Crippen LogP contribution is -2.33. The molecule has 0 saturated carbocycles. The number of aliphatic hydroxyl groups is 2. The van der Waals surface area contributed by atoms with Crippen LogP contribution in [-0.4, -0.2) is 28.7 Å². The van der Waals surface area contributed by atoms with Gasteiger partial charge in [0.25, 0.3) is 0 Å². The van der Waals surface area contributed by atoms with Crippen LogP contribution < -0.4 is 0 Å². The molecule has 2 atom stereocenters. The Labute approximate surface area is 67.0 Å². The molecule has 0 aliphatic carbocycles. The SMILES string of the molecule is CC(=O)C(C(C)C)C(O)CO. The van der Waals surface area contributed by atoms with Gasteiger partial charge in [0.2, 0.25) is 0 Å². The molecule has 0 aromatic carbocycles. The number of rotatable bonds is 4. The molecule has 0 aliphatic heterocycles. The van der Waals surface area contributed by atoms with Crippen molar-refractivity contribution in [1.29, 1.82) is 0 Å². The van der Waals surface area contributed by atoms with E-state index in [4.69, 9.17) is 5.11 Å². The number of aliphatic hydroxyl groups excluding tert-OH is 2. The summed E-state index contributed by atoms with van der Waals surface area (Å²) in [6.45, 7) is 4.79. The van der Waals surface area contributed by atoms with Crippen LogP contribution in [0, 0.1) is 11.8 Å². The minimum Gasteiger partial charge on any atom is -0.394 e. The van der Waals surface area contributed by atoms with Gasteiger partial charge in [-0.15, -0.1) is 0 Å². The highest BCUT2D eigenvalue weighted by atomic mass is 16.3. The smallest absolute Gasteiger partial charge is 0.135 e. The van der Waals surface area contributed by atoms with Crippen molar-refractivity contribution in [2.75, 3.05) is 6.61 Å². The molecule has 0 rings (SSSR count). The largest absolute Gasteiger partial charge is 0.394 e. The maximum absolute atomic E-state index is 10.9. The summed E-state index contributed by atoms with van der Waals surface area (Å²) < 4.78 is 0. The Hall–Kier alpha value is -0.410. The van der Waals surface area contributed by atoms with Crippen molar-refractivity contribution in [3.8, 4) is 0 Å². The number of carbonyl (C=O) groups excluding carboxylic acids is 1. The molecule has 0 heterocycles. The van der Waals surface area contributed by atoms with Crippen molar-refractivity contribution in [3.05, 3.63) is 0 Å². The second-order valence-electron chi connectivity index (χ2n) is 3.13. The molecule has 0 spiro atoms. The molecule has 3 nitrogen and oxygen atoms in total. The number of carbonyl (C=O) groups is 1. The second-order valence-corrected chi connectivity index (χ2v) is 3.13. The van der Waals surface area contributed by atoms with Gasteiger partial charge in [-0.1, -0.05) is 13.8 Å². The summed E-state index contributed by atoms with van der Waals surface area (Å²) in [6, 6.07) is 0. The summed E-state index contributed by atoms with van der Waals surface area (Å²) in [5, 5.41) is 17.8. The molecule has 0 fully saturated rings. The number of Topliss-reactive ketones (excluding diaryl/α,β-unsaturated/α-hetero) is 1. The summed E-state index contributed by atoms with van der Waals surface area (Å²) in [4.78, 5) is 10.9. The third-order valence-electron chi connectivity index (χ3n) is 1.79. The van der Waals surface area contributed by atoms with Gasteiger partial charge in [-0.2, -0.15) is 0 Å². The van der Waals surface area contributed by atoms with Gasteiger partial charge >= 0.3 is 0 Å². The molecule has 0 saturated heterocycles. The topological polar surface area (TPSA) is 57.5 Å². The summed E-state index contributed by atoms with van der Waals surface area (Å²) in [7, 11) is 0. The Kier molecular flexibility index (Phi) is 4.30. The van der Waals surface area contributed by atoms with Crippen molar-refractivity contribution < 1.29 is 15.0 Å². The minimum absolute atomic E-state index is 0.0680. The van der Waals surface area contributed by atoms with E-state index in [1.54, 1.807) is 0 Å².